The summed E-state index contributed by atoms with van der Waals surface area (Å²) in [5, 5.41) is 3.95. The fourth-order valence-electron chi connectivity index (χ4n) is 1.92. The molecule has 2 aromatic heterocycles. The van der Waals surface area contributed by atoms with Gasteiger partial charge in [-0.25, -0.2) is 0 Å². The largest absolute Gasteiger partial charge is 0.334 e. The molecule has 1 aromatic carbocycles. The number of nitrogens with two attached hydrogens (primary N) is 1. The second-order valence-corrected chi connectivity index (χ2v) is 4.37. The molecule has 5 heteroatoms. The van der Waals surface area contributed by atoms with Crippen LogP contribution in [0.3, 0.4) is 0 Å². The minimum Gasteiger partial charge on any atom is -0.334 e. The second kappa shape index (κ2) is 5.63. The van der Waals surface area contributed by atoms with Crippen molar-refractivity contribution in [2.75, 3.05) is 6.54 Å². The van der Waals surface area contributed by atoms with E-state index >= 15 is 0 Å². The second-order valence-electron chi connectivity index (χ2n) is 4.37. The third kappa shape index (κ3) is 2.57. The average molecular weight is 266 g/mol. The minimum absolute atomic E-state index is 0.491. The van der Waals surface area contributed by atoms with E-state index in [0.717, 1.165) is 12.0 Å². The number of benzene rings is 1. The van der Waals surface area contributed by atoms with Crippen molar-refractivity contribution in [1.29, 1.82) is 0 Å². The monoisotopic (exact) mass is 266 g/mol. The van der Waals surface area contributed by atoms with E-state index in [1.54, 1.807) is 6.20 Å². The summed E-state index contributed by atoms with van der Waals surface area (Å²) in [6.07, 6.45) is 2.57. The predicted molar refractivity (Wildman–Crippen MR) is 75.7 cm³/mol. The van der Waals surface area contributed by atoms with Crippen molar-refractivity contribution in [3.63, 3.8) is 0 Å². The van der Waals surface area contributed by atoms with Crippen molar-refractivity contribution in [3.8, 4) is 23.0 Å². The maximum atomic E-state index is 5.53. The van der Waals surface area contributed by atoms with Gasteiger partial charge in [-0.1, -0.05) is 23.4 Å². The van der Waals surface area contributed by atoms with Crippen LogP contribution in [0.4, 0.5) is 0 Å². The van der Waals surface area contributed by atoms with Crippen molar-refractivity contribution < 1.29 is 4.52 Å². The first kappa shape index (κ1) is 12.5. The van der Waals surface area contributed by atoms with Gasteiger partial charge in [0, 0.05) is 11.8 Å². The Balaban J connectivity index is 1.86. The summed E-state index contributed by atoms with van der Waals surface area (Å²) in [6.45, 7) is 0.643. The van der Waals surface area contributed by atoms with Gasteiger partial charge in [0.2, 0.25) is 5.82 Å². The molecule has 100 valence electrons. The van der Waals surface area contributed by atoms with Crippen LogP contribution < -0.4 is 5.73 Å². The van der Waals surface area contributed by atoms with Crippen LogP contribution in [0.15, 0.2) is 53.2 Å². The Kier molecular flexibility index (Phi) is 3.52. The maximum absolute atomic E-state index is 5.53. The lowest BCUT2D eigenvalue weighted by molar-refractivity contribution is 0.432. The molecular weight excluding hydrogens is 252 g/mol. The standard InChI is InChI=1S/C15H14N4O/c16-9-8-11-4-6-12(7-5-11)15-18-14(19-20-15)13-3-1-2-10-17-13/h1-7,10H,8-9,16H2. The molecule has 0 aliphatic rings. The van der Waals surface area contributed by atoms with Crippen molar-refractivity contribution in [3.05, 3.63) is 54.2 Å². The molecule has 0 saturated carbocycles. The van der Waals surface area contributed by atoms with Crippen LogP contribution in [0.5, 0.6) is 0 Å². The normalized spacial score (nSPS) is 10.7. The van der Waals surface area contributed by atoms with E-state index in [2.05, 4.69) is 15.1 Å². The highest BCUT2D eigenvalue weighted by Gasteiger charge is 2.10. The van der Waals surface area contributed by atoms with Crippen LogP contribution in [0.2, 0.25) is 0 Å². The SMILES string of the molecule is NCCc1ccc(-c2nc(-c3ccccn3)no2)cc1. The van der Waals surface area contributed by atoms with Gasteiger partial charge < -0.3 is 10.3 Å². The van der Waals surface area contributed by atoms with E-state index in [4.69, 9.17) is 10.3 Å². The van der Waals surface area contributed by atoms with Crippen molar-refractivity contribution in [2.24, 2.45) is 5.73 Å². The van der Waals surface area contributed by atoms with Crippen LogP contribution in [0.1, 0.15) is 5.56 Å². The van der Waals surface area contributed by atoms with E-state index in [-0.39, 0.29) is 0 Å². The quantitative estimate of drug-likeness (QED) is 0.784. The van der Waals surface area contributed by atoms with E-state index in [0.29, 0.717) is 24.0 Å². The van der Waals surface area contributed by atoms with Crippen LogP contribution >= 0.6 is 0 Å². The Morgan fingerprint density at radius 2 is 1.90 bits per heavy atom. The van der Waals surface area contributed by atoms with Gasteiger partial charge in [-0.15, -0.1) is 0 Å². The molecule has 0 radical (unpaired) electrons. The average Bonchev–Trinajstić information content (AvgIpc) is 2.99. The molecule has 0 amide bonds. The third-order valence-electron chi connectivity index (χ3n) is 2.95. The fraction of sp³-hybridized carbons (Fsp3) is 0.133. The highest BCUT2D eigenvalue weighted by molar-refractivity contribution is 5.57. The van der Waals surface area contributed by atoms with Gasteiger partial charge in [-0.3, -0.25) is 4.98 Å². The molecular formula is C15H14N4O. The van der Waals surface area contributed by atoms with Gasteiger partial charge in [0.15, 0.2) is 0 Å². The Hall–Kier alpha value is -2.53. The first-order chi connectivity index (χ1) is 9.86. The highest BCUT2D eigenvalue weighted by atomic mass is 16.5. The van der Waals surface area contributed by atoms with Crippen LogP contribution in [0.25, 0.3) is 23.0 Å². The molecule has 0 unspecified atom stereocenters. The molecule has 0 atom stereocenters. The molecule has 3 aromatic rings. The zero-order valence-electron chi connectivity index (χ0n) is 10.9. The van der Waals surface area contributed by atoms with Crippen molar-refractivity contribution >= 4 is 0 Å². The summed E-state index contributed by atoms with van der Waals surface area (Å²) in [6, 6.07) is 13.5. The topological polar surface area (TPSA) is 77.8 Å². The van der Waals surface area contributed by atoms with Gasteiger partial charge in [-0.05, 0) is 42.8 Å². The molecule has 0 spiro atoms. The summed E-state index contributed by atoms with van der Waals surface area (Å²) >= 11 is 0. The lowest BCUT2D eigenvalue weighted by atomic mass is 10.1. The van der Waals surface area contributed by atoms with E-state index in [1.807, 2.05) is 42.5 Å². The zero-order valence-corrected chi connectivity index (χ0v) is 10.9. The number of aromatic nitrogens is 3. The summed E-state index contributed by atoms with van der Waals surface area (Å²) in [5.74, 6) is 0.983. The number of hydrogen-bond donors (Lipinski definition) is 1. The van der Waals surface area contributed by atoms with Gasteiger partial charge in [-0.2, -0.15) is 4.98 Å². The third-order valence-corrected chi connectivity index (χ3v) is 2.95. The molecule has 2 heterocycles. The van der Waals surface area contributed by atoms with Gasteiger partial charge in [0.05, 0.1) is 0 Å². The van der Waals surface area contributed by atoms with E-state index < -0.39 is 0 Å². The van der Waals surface area contributed by atoms with Crippen LogP contribution in [-0.2, 0) is 6.42 Å². The fourth-order valence-corrected chi connectivity index (χ4v) is 1.92. The number of nitrogens with zero attached hydrogens (tertiary/aromatic N) is 3. The minimum atomic E-state index is 0.491. The van der Waals surface area contributed by atoms with Crippen LogP contribution in [0, 0.1) is 0 Å². The molecule has 3 rings (SSSR count). The Labute approximate surface area is 116 Å². The van der Waals surface area contributed by atoms with Gasteiger partial charge in [0.1, 0.15) is 5.69 Å². The molecule has 0 fully saturated rings. The van der Waals surface area contributed by atoms with Crippen LogP contribution in [-0.4, -0.2) is 21.7 Å². The van der Waals surface area contributed by atoms with E-state index in [1.165, 1.54) is 5.56 Å². The molecule has 2 N–H and O–H groups in total. The summed E-state index contributed by atoms with van der Waals surface area (Å²) in [4.78, 5) is 8.56. The lowest BCUT2D eigenvalue weighted by Crippen LogP contribution is -2.02. The molecule has 5 nitrogen and oxygen atoms in total. The first-order valence-corrected chi connectivity index (χ1v) is 6.41. The molecule has 0 aliphatic carbocycles. The van der Waals surface area contributed by atoms with Gasteiger partial charge in [0.25, 0.3) is 5.89 Å². The zero-order chi connectivity index (χ0) is 13.8. The first-order valence-electron chi connectivity index (χ1n) is 6.41. The summed E-state index contributed by atoms with van der Waals surface area (Å²) < 4.78 is 5.28. The molecule has 0 saturated heterocycles. The van der Waals surface area contributed by atoms with Crippen molar-refractivity contribution in [1.82, 2.24) is 15.1 Å². The number of hydrogen-bond acceptors (Lipinski definition) is 5. The maximum Gasteiger partial charge on any atom is 0.258 e. The van der Waals surface area contributed by atoms with Crippen molar-refractivity contribution in [2.45, 2.75) is 6.42 Å². The number of pyridine rings is 1. The van der Waals surface area contributed by atoms with E-state index in [9.17, 15) is 0 Å². The predicted octanol–water partition coefficient (Wildman–Crippen LogP) is 2.30. The number of rotatable bonds is 4. The Morgan fingerprint density at radius 3 is 2.60 bits per heavy atom. The molecule has 20 heavy (non-hydrogen) atoms. The summed E-state index contributed by atoms with van der Waals surface area (Å²) in [5.41, 5.74) is 8.31. The Morgan fingerprint density at radius 1 is 1.05 bits per heavy atom. The van der Waals surface area contributed by atoms with Gasteiger partial charge >= 0.3 is 0 Å². The highest BCUT2D eigenvalue weighted by Crippen LogP contribution is 2.21. The molecule has 0 aliphatic heterocycles. The Bertz CT molecular complexity index is 677. The summed E-state index contributed by atoms with van der Waals surface area (Å²) in [7, 11) is 0. The lowest BCUT2D eigenvalue weighted by Gasteiger charge is -1.98. The smallest absolute Gasteiger partial charge is 0.258 e. The molecule has 0 bridgehead atoms.